The molecule has 4 heteroatoms. The molecule has 0 aliphatic heterocycles. The monoisotopic (exact) mass is 262 g/mol. The SMILES string of the molecule is O=CCCc1cc(C(F)F)ccc1Br. The van der Waals surface area contributed by atoms with Crippen LogP contribution in [-0.2, 0) is 11.2 Å². The Balaban J connectivity index is 2.90. The van der Waals surface area contributed by atoms with E-state index in [2.05, 4.69) is 15.9 Å². The molecule has 0 atom stereocenters. The number of benzene rings is 1. The van der Waals surface area contributed by atoms with E-state index >= 15 is 0 Å². The number of aryl methyl sites for hydroxylation is 1. The smallest absolute Gasteiger partial charge is 0.263 e. The Bertz CT molecular complexity index is 326. The van der Waals surface area contributed by atoms with Gasteiger partial charge in [-0.3, -0.25) is 0 Å². The maximum absolute atomic E-state index is 12.3. The Morgan fingerprint density at radius 3 is 2.71 bits per heavy atom. The average Bonchev–Trinajstić information content (AvgIpc) is 2.16. The summed E-state index contributed by atoms with van der Waals surface area (Å²) in [5.41, 5.74) is 0.740. The Labute approximate surface area is 89.3 Å². The van der Waals surface area contributed by atoms with Crippen LogP contribution in [0.5, 0.6) is 0 Å². The predicted molar refractivity (Wildman–Crippen MR) is 53.5 cm³/mol. The van der Waals surface area contributed by atoms with Crippen molar-refractivity contribution in [3.8, 4) is 0 Å². The molecule has 1 nitrogen and oxygen atoms in total. The fourth-order valence-corrected chi connectivity index (χ4v) is 1.58. The minimum absolute atomic E-state index is 0.00546. The molecule has 0 aromatic heterocycles. The van der Waals surface area contributed by atoms with E-state index in [0.717, 1.165) is 16.3 Å². The topological polar surface area (TPSA) is 17.1 Å². The number of hydrogen-bond acceptors (Lipinski definition) is 1. The first-order valence-electron chi connectivity index (χ1n) is 4.15. The summed E-state index contributed by atoms with van der Waals surface area (Å²) in [6.07, 6.45) is -0.838. The van der Waals surface area contributed by atoms with Gasteiger partial charge in [-0.15, -0.1) is 0 Å². The molecule has 0 aliphatic rings. The van der Waals surface area contributed by atoms with Crippen molar-refractivity contribution in [3.63, 3.8) is 0 Å². The van der Waals surface area contributed by atoms with E-state index in [-0.39, 0.29) is 5.56 Å². The van der Waals surface area contributed by atoms with Gasteiger partial charge in [-0.2, -0.15) is 0 Å². The van der Waals surface area contributed by atoms with Crippen LogP contribution in [-0.4, -0.2) is 6.29 Å². The molecule has 0 N–H and O–H groups in total. The molecule has 0 radical (unpaired) electrons. The third-order valence-electron chi connectivity index (χ3n) is 1.85. The highest BCUT2D eigenvalue weighted by Crippen LogP contribution is 2.25. The van der Waals surface area contributed by atoms with Crippen LogP contribution in [0.25, 0.3) is 0 Å². The zero-order valence-electron chi connectivity index (χ0n) is 7.34. The van der Waals surface area contributed by atoms with E-state index in [9.17, 15) is 13.6 Å². The van der Waals surface area contributed by atoms with E-state index in [1.807, 2.05) is 0 Å². The van der Waals surface area contributed by atoms with Crippen LogP contribution in [0.4, 0.5) is 8.78 Å². The molecule has 1 aromatic rings. The second kappa shape index (κ2) is 5.20. The highest BCUT2D eigenvalue weighted by atomic mass is 79.9. The normalized spacial score (nSPS) is 10.6. The van der Waals surface area contributed by atoms with Gasteiger partial charge in [0.05, 0.1) is 0 Å². The largest absolute Gasteiger partial charge is 0.303 e. The van der Waals surface area contributed by atoms with Crippen LogP contribution in [0.3, 0.4) is 0 Å². The van der Waals surface area contributed by atoms with Gasteiger partial charge in [0.2, 0.25) is 0 Å². The zero-order valence-corrected chi connectivity index (χ0v) is 8.93. The molecule has 0 amide bonds. The van der Waals surface area contributed by atoms with Gasteiger partial charge in [0.1, 0.15) is 6.29 Å². The van der Waals surface area contributed by atoms with Gasteiger partial charge in [-0.05, 0) is 24.1 Å². The summed E-state index contributed by atoms with van der Waals surface area (Å²) in [6.45, 7) is 0. The molecule has 1 rings (SSSR count). The fraction of sp³-hybridized carbons (Fsp3) is 0.300. The summed E-state index contributed by atoms with van der Waals surface area (Å²) in [4.78, 5) is 10.1. The van der Waals surface area contributed by atoms with Gasteiger partial charge in [0, 0.05) is 16.5 Å². The molecule has 76 valence electrons. The molecule has 0 fully saturated rings. The lowest BCUT2D eigenvalue weighted by atomic mass is 10.1. The maximum atomic E-state index is 12.3. The predicted octanol–water partition coefficient (Wildman–Crippen LogP) is 3.52. The molecule has 0 spiro atoms. The van der Waals surface area contributed by atoms with E-state index in [1.54, 1.807) is 6.07 Å². The van der Waals surface area contributed by atoms with Crippen molar-refractivity contribution in [1.82, 2.24) is 0 Å². The summed E-state index contributed by atoms with van der Waals surface area (Å²) in [6, 6.07) is 4.39. The number of hydrogen-bond donors (Lipinski definition) is 0. The number of aldehydes is 1. The lowest BCUT2D eigenvalue weighted by molar-refractivity contribution is -0.107. The Kier molecular flexibility index (Phi) is 4.20. The van der Waals surface area contributed by atoms with Gasteiger partial charge >= 0.3 is 0 Å². The molecular weight excluding hydrogens is 254 g/mol. The molecule has 0 saturated heterocycles. The van der Waals surface area contributed by atoms with Crippen molar-refractivity contribution >= 4 is 22.2 Å². The summed E-state index contributed by atoms with van der Waals surface area (Å²) >= 11 is 3.25. The van der Waals surface area contributed by atoms with Crippen molar-refractivity contribution in [3.05, 3.63) is 33.8 Å². The lowest BCUT2D eigenvalue weighted by Crippen LogP contribution is -1.92. The van der Waals surface area contributed by atoms with Crippen molar-refractivity contribution in [1.29, 1.82) is 0 Å². The van der Waals surface area contributed by atoms with Gasteiger partial charge in [0.25, 0.3) is 6.43 Å². The molecule has 0 aliphatic carbocycles. The van der Waals surface area contributed by atoms with Crippen molar-refractivity contribution in [2.75, 3.05) is 0 Å². The minimum Gasteiger partial charge on any atom is -0.303 e. The highest BCUT2D eigenvalue weighted by molar-refractivity contribution is 9.10. The molecule has 14 heavy (non-hydrogen) atoms. The van der Waals surface area contributed by atoms with E-state index in [0.29, 0.717) is 12.8 Å². The molecule has 0 saturated carbocycles. The number of carbonyl (C=O) groups excluding carboxylic acids is 1. The van der Waals surface area contributed by atoms with E-state index in [1.165, 1.54) is 12.1 Å². The zero-order chi connectivity index (χ0) is 10.6. The molecule has 0 bridgehead atoms. The van der Waals surface area contributed by atoms with E-state index < -0.39 is 6.43 Å². The number of alkyl halides is 2. The van der Waals surface area contributed by atoms with Gasteiger partial charge < -0.3 is 4.79 Å². The third kappa shape index (κ3) is 2.87. The van der Waals surface area contributed by atoms with Crippen LogP contribution in [0.1, 0.15) is 24.0 Å². The van der Waals surface area contributed by atoms with Crippen molar-refractivity contribution in [2.24, 2.45) is 0 Å². The van der Waals surface area contributed by atoms with E-state index in [4.69, 9.17) is 0 Å². The quantitative estimate of drug-likeness (QED) is 0.759. The van der Waals surface area contributed by atoms with Crippen LogP contribution in [0, 0.1) is 0 Å². The first-order valence-corrected chi connectivity index (χ1v) is 4.94. The van der Waals surface area contributed by atoms with Crippen molar-refractivity contribution in [2.45, 2.75) is 19.3 Å². The first-order chi connectivity index (χ1) is 6.65. The summed E-state index contributed by atoms with van der Waals surface area (Å²) < 4.78 is 25.4. The second-order valence-electron chi connectivity index (χ2n) is 2.86. The summed E-state index contributed by atoms with van der Waals surface area (Å²) in [5, 5.41) is 0. The van der Waals surface area contributed by atoms with Crippen LogP contribution < -0.4 is 0 Å². The number of rotatable bonds is 4. The molecule has 0 unspecified atom stereocenters. The third-order valence-corrected chi connectivity index (χ3v) is 2.63. The molecule has 0 heterocycles. The van der Waals surface area contributed by atoms with Gasteiger partial charge in [0.15, 0.2) is 0 Å². The standard InChI is InChI=1S/C10H9BrF2O/c11-9-4-3-8(10(12)13)6-7(9)2-1-5-14/h3-6,10H,1-2H2. The lowest BCUT2D eigenvalue weighted by Gasteiger charge is -2.05. The highest BCUT2D eigenvalue weighted by Gasteiger charge is 2.09. The summed E-state index contributed by atoms with van der Waals surface area (Å²) in [7, 11) is 0. The molecular formula is C10H9BrF2O. The van der Waals surface area contributed by atoms with Gasteiger partial charge in [-0.1, -0.05) is 22.0 Å². The maximum Gasteiger partial charge on any atom is 0.263 e. The van der Waals surface area contributed by atoms with Crippen LogP contribution >= 0.6 is 15.9 Å². The Morgan fingerprint density at radius 2 is 2.14 bits per heavy atom. The second-order valence-corrected chi connectivity index (χ2v) is 3.71. The average molecular weight is 263 g/mol. The molecule has 1 aromatic carbocycles. The Morgan fingerprint density at radius 1 is 1.43 bits per heavy atom. The minimum atomic E-state index is -2.46. The Hall–Kier alpha value is -0.770. The van der Waals surface area contributed by atoms with Gasteiger partial charge in [-0.25, -0.2) is 8.78 Å². The fourth-order valence-electron chi connectivity index (χ4n) is 1.14. The number of halogens is 3. The summed E-state index contributed by atoms with van der Waals surface area (Å²) in [5.74, 6) is 0. The van der Waals surface area contributed by atoms with Crippen LogP contribution in [0.15, 0.2) is 22.7 Å². The first kappa shape index (κ1) is 11.3. The van der Waals surface area contributed by atoms with Crippen LogP contribution in [0.2, 0.25) is 0 Å². The van der Waals surface area contributed by atoms with Crippen molar-refractivity contribution < 1.29 is 13.6 Å². The number of carbonyl (C=O) groups is 1.